The Kier molecular flexibility index (Phi) is 3.17. The SMILES string of the molecule is NNC(Cc1ccccc1)CC1CC1. The molecule has 0 amide bonds. The van der Waals surface area contributed by atoms with Crippen LogP contribution < -0.4 is 11.3 Å². The van der Waals surface area contributed by atoms with Crippen molar-refractivity contribution in [1.82, 2.24) is 5.43 Å². The van der Waals surface area contributed by atoms with Crippen molar-refractivity contribution in [2.45, 2.75) is 31.7 Å². The molecule has 1 aliphatic carbocycles. The zero-order valence-corrected chi connectivity index (χ0v) is 8.45. The molecule has 1 atom stereocenters. The van der Waals surface area contributed by atoms with E-state index >= 15 is 0 Å². The molecule has 1 aromatic carbocycles. The Bertz CT molecular complexity index is 267. The minimum absolute atomic E-state index is 0.449. The lowest BCUT2D eigenvalue weighted by atomic mass is 10.0. The molecule has 2 nitrogen and oxygen atoms in total. The van der Waals surface area contributed by atoms with Crippen LogP contribution in [0, 0.1) is 5.92 Å². The lowest BCUT2D eigenvalue weighted by molar-refractivity contribution is 0.466. The molecule has 2 rings (SSSR count). The van der Waals surface area contributed by atoms with Crippen molar-refractivity contribution >= 4 is 0 Å². The zero-order valence-electron chi connectivity index (χ0n) is 8.45. The molecule has 1 aromatic rings. The Morgan fingerprint density at radius 2 is 2.00 bits per heavy atom. The maximum absolute atomic E-state index is 5.55. The number of rotatable bonds is 5. The molecule has 0 bridgehead atoms. The summed E-state index contributed by atoms with van der Waals surface area (Å²) in [5.41, 5.74) is 4.29. The van der Waals surface area contributed by atoms with Gasteiger partial charge in [0.25, 0.3) is 0 Å². The summed E-state index contributed by atoms with van der Waals surface area (Å²) in [5.74, 6) is 6.48. The van der Waals surface area contributed by atoms with E-state index in [1.165, 1.54) is 24.8 Å². The average molecular weight is 190 g/mol. The van der Waals surface area contributed by atoms with E-state index < -0.39 is 0 Å². The van der Waals surface area contributed by atoms with Gasteiger partial charge in [-0.1, -0.05) is 43.2 Å². The average Bonchev–Trinajstić information content (AvgIpc) is 3.02. The van der Waals surface area contributed by atoms with Crippen LogP contribution in [-0.2, 0) is 6.42 Å². The third-order valence-electron chi connectivity index (χ3n) is 2.88. The molecular weight excluding hydrogens is 172 g/mol. The van der Waals surface area contributed by atoms with Gasteiger partial charge in [-0.25, -0.2) is 0 Å². The number of benzene rings is 1. The van der Waals surface area contributed by atoms with Crippen LogP contribution in [0.25, 0.3) is 0 Å². The minimum Gasteiger partial charge on any atom is -0.271 e. The number of hydrogen-bond donors (Lipinski definition) is 2. The van der Waals surface area contributed by atoms with Gasteiger partial charge in [-0.3, -0.25) is 11.3 Å². The van der Waals surface area contributed by atoms with Crippen molar-refractivity contribution in [3.8, 4) is 0 Å². The number of hydrogen-bond acceptors (Lipinski definition) is 2. The van der Waals surface area contributed by atoms with Gasteiger partial charge in [-0.2, -0.15) is 0 Å². The fraction of sp³-hybridized carbons (Fsp3) is 0.500. The molecule has 0 aromatic heterocycles. The smallest absolute Gasteiger partial charge is 0.0253 e. The zero-order chi connectivity index (χ0) is 9.80. The highest BCUT2D eigenvalue weighted by molar-refractivity contribution is 5.15. The van der Waals surface area contributed by atoms with E-state index in [-0.39, 0.29) is 0 Å². The second-order valence-electron chi connectivity index (χ2n) is 4.23. The molecule has 76 valence electrons. The molecule has 1 unspecified atom stereocenters. The summed E-state index contributed by atoms with van der Waals surface area (Å²) in [5, 5.41) is 0. The predicted octanol–water partition coefficient (Wildman–Crippen LogP) is 1.86. The lowest BCUT2D eigenvalue weighted by Gasteiger charge is -2.15. The fourth-order valence-corrected chi connectivity index (χ4v) is 1.86. The van der Waals surface area contributed by atoms with Crippen molar-refractivity contribution in [2.75, 3.05) is 0 Å². The Labute approximate surface area is 85.5 Å². The summed E-state index contributed by atoms with van der Waals surface area (Å²) in [6, 6.07) is 11.0. The first kappa shape index (κ1) is 9.69. The molecule has 14 heavy (non-hydrogen) atoms. The summed E-state index contributed by atoms with van der Waals surface area (Å²) < 4.78 is 0. The maximum atomic E-state index is 5.55. The summed E-state index contributed by atoms with van der Waals surface area (Å²) in [4.78, 5) is 0. The normalized spacial score (nSPS) is 18.1. The largest absolute Gasteiger partial charge is 0.271 e. The van der Waals surface area contributed by atoms with Crippen LogP contribution in [0.5, 0.6) is 0 Å². The summed E-state index contributed by atoms with van der Waals surface area (Å²) >= 11 is 0. The molecule has 3 N–H and O–H groups in total. The van der Waals surface area contributed by atoms with Crippen LogP contribution in [-0.4, -0.2) is 6.04 Å². The van der Waals surface area contributed by atoms with Crippen LogP contribution in [0.3, 0.4) is 0 Å². The monoisotopic (exact) mass is 190 g/mol. The van der Waals surface area contributed by atoms with Gasteiger partial charge in [0.2, 0.25) is 0 Å². The molecule has 0 heterocycles. The van der Waals surface area contributed by atoms with E-state index in [2.05, 4.69) is 35.8 Å². The van der Waals surface area contributed by atoms with Gasteiger partial charge in [-0.15, -0.1) is 0 Å². The molecule has 1 saturated carbocycles. The third-order valence-corrected chi connectivity index (χ3v) is 2.88. The Morgan fingerprint density at radius 3 is 2.57 bits per heavy atom. The Morgan fingerprint density at radius 1 is 1.29 bits per heavy atom. The molecule has 2 heteroatoms. The van der Waals surface area contributed by atoms with E-state index in [1.54, 1.807) is 0 Å². The van der Waals surface area contributed by atoms with Crippen LogP contribution in [0.15, 0.2) is 30.3 Å². The molecule has 0 radical (unpaired) electrons. The van der Waals surface area contributed by atoms with Crippen LogP contribution in [0.4, 0.5) is 0 Å². The van der Waals surface area contributed by atoms with Gasteiger partial charge in [0.15, 0.2) is 0 Å². The van der Waals surface area contributed by atoms with Crippen molar-refractivity contribution in [3.05, 3.63) is 35.9 Å². The number of nitrogens with one attached hydrogen (secondary N) is 1. The highest BCUT2D eigenvalue weighted by Gasteiger charge is 2.24. The topological polar surface area (TPSA) is 38.0 Å². The summed E-state index contributed by atoms with van der Waals surface area (Å²) in [7, 11) is 0. The van der Waals surface area contributed by atoms with Gasteiger partial charge in [0.05, 0.1) is 0 Å². The molecule has 1 fully saturated rings. The van der Waals surface area contributed by atoms with Crippen LogP contribution in [0.1, 0.15) is 24.8 Å². The van der Waals surface area contributed by atoms with Crippen molar-refractivity contribution in [1.29, 1.82) is 0 Å². The standard InChI is InChI=1S/C12H18N2/c13-14-12(9-11-6-7-11)8-10-4-2-1-3-5-10/h1-5,11-12,14H,6-9,13H2. The van der Waals surface area contributed by atoms with E-state index in [9.17, 15) is 0 Å². The third kappa shape index (κ3) is 2.82. The molecule has 0 spiro atoms. The van der Waals surface area contributed by atoms with Crippen LogP contribution in [0.2, 0.25) is 0 Å². The fourth-order valence-electron chi connectivity index (χ4n) is 1.86. The first-order valence-corrected chi connectivity index (χ1v) is 5.38. The van der Waals surface area contributed by atoms with Crippen LogP contribution >= 0.6 is 0 Å². The second kappa shape index (κ2) is 4.58. The van der Waals surface area contributed by atoms with Gasteiger partial charge in [0.1, 0.15) is 0 Å². The maximum Gasteiger partial charge on any atom is 0.0253 e. The molecule has 0 aliphatic heterocycles. The quantitative estimate of drug-likeness (QED) is 0.549. The summed E-state index contributed by atoms with van der Waals surface area (Å²) in [6.45, 7) is 0. The lowest BCUT2D eigenvalue weighted by Crippen LogP contribution is -2.37. The van der Waals surface area contributed by atoms with Gasteiger partial charge in [-0.05, 0) is 24.3 Å². The minimum atomic E-state index is 0.449. The number of nitrogens with two attached hydrogens (primary N) is 1. The van der Waals surface area contributed by atoms with Crippen molar-refractivity contribution in [3.63, 3.8) is 0 Å². The predicted molar refractivity (Wildman–Crippen MR) is 58.6 cm³/mol. The first-order chi connectivity index (χ1) is 6.88. The Hall–Kier alpha value is -0.860. The van der Waals surface area contributed by atoms with Crippen molar-refractivity contribution in [2.24, 2.45) is 11.8 Å². The van der Waals surface area contributed by atoms with Gasteiger partial charge < -0.3 is 0 Å². The highest BCUT2D eigenvalue weighted by atomic mass is 15.2. The summed E-state index contributed by atoms with van der Waals surface area (Å²) in [6.07, 6.45) is 5.07. The van der Waals surface area contributed by atoms with Gasteiger partial charge >= 0.3 is 0 Å². The van der Waals surface area contributed by atoms with Crippen molar-refractivity contribution < 1.29 is 0 Å². The molecule has 1 aliphatic rings. The van der Waals surface area contributed by atoms with E-state index in [0.717, 1.165) is 12.3 Å². The molecular formula is C12H18N2. The van der Waals surface area contributed by atoms with Gasteiger partial charge in [0, 0.05) is 6.04 Å². The first-order valence-electron chi connectivity index (χ1n) is 5.38. The van der Waals surface area contributed by atoms with E-state index in [0.29, 0.717) is 6.04 Å². The highest BCUT2D eigenvalue weighted by Crippen LogP contribution is 2.33. The Balaban J connectivity index is 1.87. The molecule has 0 saturated heterocycles. The van der Waals surface area contributed by atoms with E-state index in [4.69, 9.17) is 5.84 Å². The number of hydrazine groups is 1. The van der Waals surface area contributed by atoms with E-state index in [1.807, 2.05) is 0 Å². The second-order valence-corrected chi connectivity index (χ2v) is 4.23.